The molecular formula is C19H28N2O2S. The molecule has 2 rings (SSSR count). The second-order valence-electron chi connectivity index (χ2n) is 5.99. The summed E-state index contributed by atoms with van der Waals surface area (Å²) in [7, 11) is 0. The van der Waals surface area contributed by atoms with Crippen molar-refractivity contribution in [1.82, 2.24) is 5.32 Å². The third-order valence-corrected chi connectivity index (χ3v) is 4.22. The fraction of sp³-hybridized carbons (Fsp3) is 0.526. The van der Waals surface area contributed by atoms with Gasteiger partial charge in [-0.25, -0.2) is 0 Å². The molecule has 0 aromatic heterocycles. The average Bonchev–Trinajstić information content (AvgIpc) is 2.61. The van der Waals surface area contributed by atoms with Crippen molar-refractivity contribution in [3.05, 3.63) is 36.9 Å². The van der Waals surface area contributed by atoms with Gasteiger partial charge in [-0.3, -0.25) is 0 Å². The molecule has 24 heavy (non-hydrogen) atoms. The maximum atomic E-state index is 5.91. The van der Waals surface area contributed by atoms with Crippen molar-refractivity contribution >= 4 is 23.0 Å². The molecule has 132 valence electrons. The lowest BCUT2D eigenvalue weighted by atomic mass is 9.98. The lowest BCUT2D eigenvalue weighted by Gasteiger charge is -2.22. The first-order valence-corrected chi connectivity index (χ1v) is 9.19. The summed E-state index contributed by atoms with van der Waals surface area (Å²) >= 11 is 5.32. The molecule has 1 saturated carbocycles. The lowest BCUT2D eigenvalue weighted by Crippen LogP contribution is -2.30. The number of anilines is 1. The van der Waals surface area contributed by atoms with E-state index in [-0.39, 0.29) is 0 Å². The Morgan fingerprint density at radius 1 is 1.29 bits per heavy atom. The first-order valence-electron chi connectivity index (χ1n) is 8.78. The van der Waals surface area contributed by atoms with Gasteiger partial charge in [0.1, 0.15) is 12.4 Å². The van der Waals surface area contributed by atoms with Crippen molar-refractivity contribution in [1.29, 1.82) is 0 Å². The highest BCUT2D eigenvalue weighted by molar-refractivity contribution is 7.80. The third kappa shape index (κ3) is 7.32. The molecule has 0 heterocycles. The van der Waals surface area contributed by atoms with E-state index in [9.17, 15) is 0 Å². The summed E-state index contributed by atoms with van der Waals surface area (Å²) in [5.74, 6) is 0.795. The monoisotopic (exact) mass is 348 g/mol. The molecule has 1 aliphatic carbocycles. The molecule has 0 amide bonds. The highest BCUT2D eigenvalue weighted by Gasteiger charge is 2.12. The Kier molecular flexibility index (Phi) is 8.63. The molecule has 1 aromatic rings. The van der Waals surface area contributed by atoms with Gasteiger partial charge in [0.25, 0.3) is 0 Å². The molecule has 0 radical (unpaired) electrons. The fourth-order valence-corrected chi connectivity index (χ4v) is 2.97. The van der Waals surface area contributed by atoms with Crippen molar-refractivity contribution in [2.24, 2.45) is 0 Å². The zero-order valence-corrected chi connectivity index (χ0v) is 15.1. The van der Waals surface area contributed by atoms with E-state index in [1.54, 1.807) is 6.08 Å². The van der Waals surface area contributed by atoms with Crippen molar-refractivity contribution in [2.45, 2.75) is 44.6 Å². The van der Waals surface area contributed by atoms with Crippen LogP contribution in [0.1, 0.15) is 38.5 Å². The zero-order chi connectivity index (χ0) is 17.0. The minimum atomic E-state index is 0.474. The zero-order valence-electron chi connectivity index (χ0n) is 14.3. The van der Waals surface area contributed by atoms with Crippen LogP contribution >= 0.6 is 12.2 Å². The normalized spacial score (nSPS) is 14.8. The van der Waals surface area contributed by atoms with Crippen LogP contribution in [0.25, 0.3) is 0 Å². The first-order chi connectivity index (χ1) is 11.8. The maximum absolute atomic E-state index is 5.91. The fourth-order valence-electron chi connectivity index (χ4n) is 2.75. The molecule has 4 nitrogen and oxygen atoms in total. The van der Waals surface area contributed by atoms with E-state index >= 15 is 0 Å². The lowest BCUT2D eigenvalue weighted by molar-refractivity contribution is 0.0277. The van der Waals surface area contributed by atoms with Gasteiger partial charge in [0.05, 0.1) is 6.10 Å². The van der Waals surface area contributed by atoms with Gasteiger partial charge in [-0.05, 0) is 43.6 Å². The van der Waals surface area contributed by atoms with E-state index < -0.39 is 0 Å². The molecule has 0 spiro atoms. The van der Waals surface area contributed by atoms with E-state index in [1.807, 2.05) is 24.3 Å². The minimum absolute atomic E-state index is 0.474. The van der Waals surface area contributed by atoms with E-state index in [4.69, 9.17) is 21.7 Å². The number of hydrogen-bond acceptors (Lipinski definition) is 3. The Morgan fingerprint density at radius 3 is 2.92 bits per heavy atom. The first kappa shape index (κ1) is 18.7. The summed E-state index contributed by atoms with van der Waals surface area (Å²) in [4.78, 5) is 0. The van der Waals surface area contributed by atoms with Crippen molar-refractivity contribution in [3.8, 4) is 5.75 Å². The van der Waals surface area contributed by atoms with Gasteiger partial charge in [-0.15, -0.1) is 0 Å². The smallest absolute Gasteiger partial charge is 0.170 e. The molecule has 1 aromatic carbocycles. The number of thiocarbonyl (C=S) groups is 1. The second kappa shape index (κ2) is 11.0. The molecule has 0 bridgehead atoms. The predicted octanol–water partition coefficient (Wildman–Crippen LogP) is 4.28. The van der Waals surface area contributed by atoms with Gasteiger partial charge < -0.3 is 20.1 Å². The summed E-state index contributed by atoms with van der Waals surface area (Å²) in [6.45, 7) is 5.74. The molecule has 0 saturated heterocycles. The van der Waals surface area contributed by atoms with Crippen molar-refractivity contribution in [2.75, 3.05) is 25.1 Å². The van der Waals surface area contributed by atoms with E-state index in [0.29, 0.717) is 17.8 Å². The van der Waals surface area contributed by atoms with Crippen LogP contribution in [-0.2, 0) is 4.74 Å². The van der Waals surface area contributed by atoms with E-state index in [2.05, 4.69) is 17.2 Å². The molecular weight excluding hydrogens is 320 g/mol. The molecule has 5 heteroatoms. The summed E-state index contributed by atoms with van der Waals surface area (Å²) in [5, 5.41) is 7.01. The van der Waals surface area contributed by atoms with Gasteiger partial charge in [0, 0.05) is 24.9 Å². The van der Waals surface area contributed by atoms with Gasteiger partial charge in [0.2, 0.25) is 0 Å². The van der Waals surface area contributed by atoms with Crippen molar-refractivity contribution in [3.63, 3.8) is 0 Å². The van der Waals surface area contributed by atoms with Gasteiger partial charge >= 0.3 is 0 Å². The average molecular weight is 349 g/mol. The minimum Gasteiger partial charge on any atom is -0.489 e. The summed E-state index contributed by atoms with van der Waals surface area (Å²) < 4.78 is 11.4. The Bertz CT molecular complexity index is 516. The van der Waals surface area contributed by atoms with Crippen LogP contribution in [0.15, 0.2) is 36.9 Å². The van der Waals surface area contributed by atoms with E-state index in [0.717, 1.165) is 31.0 Å². The standard InChI is InChI=1S/C19H28N2O2S/c1-2-13-22-18-11-6-8-16(15-18)21-19(24)20-12-7-14-23-17-9-4-3-5-10-17/h2,6,8,11,15,17H,1,3-5,7,9-10,12-14H2,(H2,20,21,24). The Morgan fingerprint density at radius 2 is 2.12 bits per heavy atom. The molecule has 0 unspecified atom stereocenters. The third-order valence-electron chi connectivity index (χ3n) is 3.97. The van der Waals surface area contributed by atoms with Crippen LogP contribution in [0.5, 0.6) is 5.75 Å². The highest BCUT2D eigenvalue weighted by Crippen LogP contribution is 2.20. The molecule has 0 atom stereocenters. The van der Waals surface area contributed by atoms with Crippen LogP contribution < -0.4 is 15.4 Å². The van der Waals surface area contributed by atoms with Crippen molar-refractivity contribution < 1.29 is 9.47 Å². The molecule has 2 N–H and O–H groups in total. The maximum Gasteiger partial charge on any atom is 0.170 e. The Hall–Kier alpha value is -1.59. The van der Waals surface area contributed by atoms with E-state index in [1.165, 1.54) is 32.1 Å². The molecule has 1 fully saturated rings. The van der Waals surface area contributed by atoms with Crippen LogP contribution in [0.3, 0.4) is 0 Å². The highest BCUT2D eigenvalue weighted by atomic mass is 32.1. The number of rotatable bonds is 9. The number of ether oxygens (including phenoxy) is 2. The Labute approximate surface area is 150 Å². The molecule has 0 aliphatic heterocycles. The Balaban J connectivity index is 1.59. The van der Waals surface area contributed by atoms with Crippen LogP contribution in [0.2, 0.25) is 0 Å². The quantitative estimate of drug-likeness (QED) is 0.396. The van der Waals surface area contributed by atoms with Gasteiger partial charge in [-0.1, -0.05) is 38.0 Å². The van der Waals surface area contributed by atoms with Crippen LogP contribution in [0.4, 0.5) is 5.69 Å². The molecule has 1 aliphatic rings. The van der Waals surface area contributed by atoms with Gasteiger partial charge in [0.15, 0.2) is 5.11 Å². The number of nitrogens with one attached hydrogen (secondary N) is 2. The number of benzene rings is 1. The second-order valence-corrected chi connectivity index (χ2v) is 6.40. The summed E-state index contributed by atoms with van der Waals surface area (Å²) in [6, 6.07) is 7.72. The van der Waals surface area contributed by atoms with Gasteiger partial charge in [-0.2, -0.15) is 0 Å². The SMILES string of the molecule is C=CCOc1cccc(NC(=S)NCCCOC2CCCCC2)c1. The van der Waals surface area contributed by atoms with Crippen LogP contribution in [-0.4, -0.2) is 31.0 Å². The van der Waals surface area contributed by atoms with Crippen LogP contribution in [0, 0.1) is 0 Å². The summed E-state index contributed by atoms with van der Waals surface area (Å²) in [5.41, 5.74) is 0.910. The largest absolute Gasteiger partial charge is 0.489 e. The topological polar surface area (TPSA) is 42.5 Å². The summed E-state index contributed by atoms with van der Waals surface area (Å²) in [6.07, 6.45) is 9.58. The number of hydrogen-bond donors (Lipinski definition) is 2. The predicted molar refractivity (Wildman–Crippen MR) is 104 cm³/mol.